The minimum atomic E-state index is 0.581. The van der Waals surface area contributed by atoms with Gasteiger partial charge in [0.05, 0.1) is 19.2 Å². The molecule has 0 heterocycles. The third-order valence-electron chi connectivity index (χ3n) is 2.13. The molecule has 15 heavy (non-hydrogen) atoms. The lowest BCUT2D eigenvalue weighted by atomic mass is 10.1. The van der Waals surface area contributed by atoms with Gasteiger partial charge in [-0.25, -0.2) is 0 Å². The molecule has 0 aliphatic rings. The lowest BCUT2D eigenvalue weighted by Gasteiger charge is -2.11. The number of hydrogen-bond acceptors (Lipinski definition) is 2. The third-order valence-corrected chi connectivity index (χ3v) is 2.99. The Morgan fingerprint density at radius 1 is 1.20 bits per heavy atom. The summed E-state index contributed by atoms with van der Waals surface area (Å²) in [5.74, 6) is 1.52. The van der Waals surface area contributed by atoms with Crippen LogP contribution in [0.1, 0.15) is 12.0 Å². The molecule has 0 radical (unpaired) electrons. The molecule has 0 spiro atoms. The Balaban J connectivity index is 2.99. The summed E-state index contributed by atoms with van der Waals surface area (Å²) in [4.78, 5) is 0. The number of halogens is 2. The molecule has 0 unspecified atom stereocenters. The maximum Gasteiger partial charge on any atom is 0.137 e. The molecule has 0 saturated carbocycles. The van der Waals surface area contributed by atoms with Gasteiger partial charge in [-0.05, 0) is 24.5 Å². The maximum atomic E-state index is 6.00. The number of alkyl halides is 1. The predicted octanol–water partition coefficient (Wildman–Crippen LogP) is 3.68. The zero-order valence-electron chi connectivity index (χ0n) is 8.85. The summed E-state index contributed by atoms with van der Waals surface area (Å²) < 4.78 is 10.4. The molecule has 0 amide bonds. The number of benzene rings is 1. The highest BCUT2D eigenvalue weighted by atomic mass is 79.9. The van der Waals surface area contributed by atoms with Gasteiger partial charge in [0.15, 0.2) is 0 Å². The first kappa shape index (κ1) is 12.7. The highest BCUT2D eigenvalue weighted by Gasteiger charge is 2.09. The molecule has 4 heteroatoms. The fourth-order valence-corrected chi connectivity index (χ4v) is 1.89. The van der Waals surface area contributed by atoms with Crippen LogP contribution in [0.25, 0.3) is 0 Å². The Labute approximate surface area is 104 Å². The van der Waals surface area contributed by atoms with Crippen LogP contribution in [-0.2, 0) is 6.42 Å². The first-order chi connectivity index (χ1) is 7.22. The van der Waals surface area contributed by atoms with E-state index in [-0.39, 0.29) is 0 Å². The largest absolute Gasteiger partial charge is 0.496 e. The van der Waals surface area contributed by atoms with Crippen LogP contribution >= 0.6 is 27.5 Å². The molecule has 0 aliphatic heterocycles. The fraction of sp³-hybridized carbons (Fsp3) is 0.455. The molecule has 2 nitrogen and oxygen atoms in total. The van der Waals surface area contributed by atoms with E-state index in [0.29, 0.717) is 10.8 Å². The normalized spacial score (nSPS) is 10.1. The number of aryl methyl sites for hydroxylation is 1. The smallest absolute Gasteiger partial charge is 0.137 e. The molecule has 1 aromatic carbocycles. The second kappa shape index (κ2) is 6.23. The van der Waals surface area contributed by atoms with Crippen molar-refractivity contribution in [3.8, 4) is 11.5 Å². The lowest BCUT2D eigenvalue weighted by Crippen LogP contribution is -1.95. The van der Waals surface area contributed by atoms with Crippen molar-refractivity contribution in [1.29, 1.82) is 0 Å². The zero-order valence-corrected chi connectivity index (χ0v) is 11.2. The summed E-state index contributed by atoms with van der Waals surface area (Å²) in [5, 5.41) is 1.55. The van der Waals surface area contributed by atoms with Crippen molar-refractivity contribution in [3.05, 3.63) is 22.7 Å². The monoisotopic (exact) mass is 292 g/mol. The van der Waals surface area contributed by atoms with Crippen molar-refractivity contribution in [2.45, 2.75) is 12.8 Å². The van der Waals surface area contributed by atoms with E-state index < -0.39 is 0 Å². The van der Waals surface area contributed by atoms with Gasteiger partial charge in [-0.2, -0.15) is 0 Å². The highest BCUT2D eigenvalue weighted by Crippen LogP contribution is 2.33. The Morgan fingerprint density at radius 2 is 1.87 bits per heavy atom. The van der Waals surface area contributed by atoms with E-state index in [4.69, 9.17) is 21.1 Å². The van der Waals surface area contributed by atoms with Gasteiger partial charge in [-0.3, -0.25) is 0 Å². The summed E-state index contributed by atoms with van der Waals surface area (Å²) in [6.45, 7) is 0. The molecule has 1 rings (SSSR count). The van der Waals surface area contributed by atoms with Gasteiger partial charge >= 0.3 is 0 Å². The minimum absolute atomic E-state index is 0.581. The topological polar surface area (TPSA) is 18.5 Å². The van der Waals surface area contributed by atoms with Crippen molar-refractivity contribution in [2.24, 2.45) is 0 Å². The number of hydrogen-bond donors (Lipinski definition) is 0. The quantitative estimate of drug-likeness (QED) is 0.771. The van der Waals surface area contributed by atoms with E-state index in [1.54, 1.807) is 20.3 Å². The van der Waals surface area contributed by atoms with Gasteiger partial charge in [0.1, 0.15) is 11.5 Å². The lowest BCUT2D eigenvalue weighted by molar-refractivity contribution is 0.399. The average molecular weight is 294 g/mol. The first-order valence-corrected chi connectivity index (χ1v) is 6.19. The standard InChI is InChI=1S/C11H14BrClO2/c1-14-10-7-9(13)11(15-2)6-8(10)4-3-5-12/h6-7H,3-5H2,1-2H3. The van der Waals surface area contributed by atoms with Gasteiger partial charge in [-0.15, -0.1) is 0 Å². The first-order valence-electron chi connectivity index (χ1n) is 4.69. The molecule has 84 valence electrons. The Hall–Kier alpha value is -0.410. The SMILES string of the molecule is COc1cc(CCCBr)c(OC)cc1Cl. The van der Waals surface area contributed by atoms with E-state index in [9.17, 15) is 0 Å². The van der Waals surface area contributed by atoms with Crippen LogP contribution in [0.3, 0.4) is 0 Å². The van der Waals surface area contributed by atoms with E-state index in [1.165, 1.54) is 0 Å². The van der Waals surface area contributed by atoms with Crippen LogP contribution in [0.4, 0.5) is 0 Å². The van der Waals surface area contributed by atoms with Crippen LogP contribution in [-0.4, -0.2) is 19.5 Å². The van der Waals surface area contributed by atoms with E-state index in [1.807, 2.05) is 6.07 Å². The van der Waals surface area contributed by atoms with E-state index in [2.05, 4.69) is 15.9 Å². The Kier molecular flexibility index (Phi) is 5.26. The molecule has 1 aromatic rings. The van der Waals surface area contributed by atoms with Crippen molar-refractivity contribution in [2.75, 3.05) is 19.5 Å². The van der Waals surface area contributed by atoms with Crippen molar-refractivity contribution in [3.63, 3.8) is 0 Å². The number of ether oxygens (including phenoxy) is 2. The molecule has 0 aromatic heterocycles. The van der Waals surface area contributed by atoms with Gasteiger partial charge in [-0.1, -0.05) is 27.5 Å². The van der Waals surface area contributed by atoms with Crippen molar-refractivity contribution >= 4 is 27.5 Å². The molecule has 0 N–H and O–H groups in total. The van der Waals surface area contributed by atoms with E-state index >= 15 is 0 Å². The molecule has 0 saturated heterocycles. The second-order valence-electron chi connectivity index (χ2n) is 3.09. The minimum Gasteiger partial charge on any atom is -0.496 e. The average Bonchev–Trinajstić information content (AvgIpc) is 2.26. The van der Waals surface area contributed by atoms with Crippen LogP contribution in [0.2, 0.25) is 5.02 Å². The molecule has 0 aliphatic carbocycles. The van der Waals surface area contributed by atoms with Crippen LogP contribution in [0.15, 0.2) is 12.1 Å². The highest BCUT2D eigenvalue weighted by molar-refractivity contribution is 9.09. The summed E-state index contributed by atoms with van der Waals surface area (Å²) >= 11 is 9.41. The van der Waals surface area contributed by atoms with Crippen LogP contribution in [0.5, 0.6) is 11.5 Å². The van der Waals surface area contributed by atoms with Gasteiger partial charge < -0.3 is 9.47 Å². The third kappa shape index (κ3) is 3.28. The van der Waals surface area contributed by atoms with E-state index in [0.717, 1.165) is 29.5 Å². The Morgan fingerprint density at radius 3 is 2.40 bits per heavy atom. The summed E-state index contributed by atoms with van der Waals surface area (Å²) in [6, 6.07) is 3.73. The summed E-state index contributed by atoms with van der Waals surface area (Å²) in [7, 11) is 3.26. The van der Waals surface area contributed by atoms with Crippen LogP contribution in [0, 0.1) is 0 Å². The molecular formula is C11H14BrClO2. The fourth-order valence-electron chi connectivity index (χ4n) is 1.38. The van der Waals surface area contributed by atoms with Gasteiger partial charge in [0.25, 0.3) is 0 Å². The molecule has 0 atom stereocenters. The second-order valence-corrected chi connectivity index (χ2v) is 4.29. The predicted molar refractivity (Wildman–Crippen MR) is 66.7 cm³/mol. The Bertz CT molecular complexity index is 329. The summed E-state index contributed by atoms with van der Waals surface area (Å²) in [5.41, 5.74) is 1.12. The molecular weight excluding hydrogens is 279 g/mol. The van der Waals surface area contributed by atoms with Gasteiger partial charge in [0.2, 0.25) is 0 Å². The van der Waals surface area contributed by atoms with Crippen LogP contribution < -0.4 is 9.47 Å². The maximum absolute atomic E-state index is 6.00. The summed E-state index contributed by atoms with van der Waals surface area (Å²) in [6.07, 6.45) is 2.00. The molecule has 0 fully saturated rings. The number of rotatable bonds is 5. The van der Waals surface area contributed by atoms with Crippen molar-refractivity contribution in [1.82, 2.24) is 0 Å². The van der Waals surface area contributed by atoms with Gasteiger partial charge in [0, 0.05) is 11.4 Å². The molecule has 0 bridgehead atoms. The zero-order chi connectivity index (χ0) is 11.3. The number of methoxy groups -OCH3 is 2. The van der Waals surface area contributed by atoms with Crippen molar-refractivity contribution < 1.29 is 9.47 Å².